The summed E-state index contributed by atoms with van der Waals surface area (Å²) in [5.41, 5.74) is 10.7. The van der Waals surface area contributed by atoms with Crippen LogP contribution in [0.4, 0.5) is 5.69 Å². The summed E-state index contributed by atoms with van der Waals surface area (Å²) in [6.45, 7) is 18.8. The summed E-state index contributed by atoms with van der Waals surface area (Å²) in [5, 5.41) is 3.47. The summed E-state index contributed by atoms with van der Waals surface area (Å²) in [6, 6.07) is 16.9. The Morgan fingerprint density at radius 1 is 0.933 bits per heavy atom. The molecule has 2 aromatic rings. The fourth-order valence-electron chi connectivity index (χ4n) is 3.51. The first-order chi connectivity index (χ1) is 14.4. The van der Waals surface area contributed by atoms with Gasteiger partial charge in [0.25, 0.3) is 0 Å². The zero-order valence-electron chi connectivity index (χ0n) is 18.1. The third-order valence-electron chi connectivity index (χ3n) is 5.04. The van der Waals surface area contributed by atoms with Gasteiger partial charge in [-0.2, -0.15) is 0 Å². The number of fused-ring (bicyclic) bond motifs is 1. The van der Waals surface area contributed by atoms with Crippen molar-refractivity contribution in [3.63, 3.8) is 0 Å². The standard InChI is InChI=1S/C29H29N/c1-7-24(16-13-20(2)3)17-15-22(5)28-23(6)30-27-18-14-21(4)19-26(27)29(28)25-11-9-8-10-12-25/h7-19,30H,2,5-6H2,1,3-4H3/b16-13-,17-15+,24-7?. The summed E-state index contributed by atoms with van der Waals surface area (Å²) in [7, 11) is 0. The molecule has 2 aromatic carbocycles. The third-order valence-corrected chi connectivity index (χ3v) is 5.04. The zero-order valence-corrected chi connectivity index (χ0v) is 18.1. The van der Waals surface area contributed by atoms with Crippen LogP contribution in [0.25, 0.3) is 5.57 Å². The van der Waals surface area contributed by atoms with Crippen molar-refractivity contribution in [2.75, 3.05) is 5.32 Å². The average molecular weight is 392 g/mol. The van der Waals surface area contributed by atoms with Crippen LogP contribution in [-0.4, -0.2) is 0 Å². The molecule has 0 bridgehead atoms. The van der Waals surface area contributed by atoms with Crippen molar-refractivity contribution in [3.05, 3.63) is 143 Å². The maximum atomic E-state index is 4.39. The van der Waals surface area contributed by atoms with Crippen LogP contribution in [0.1, 0.15) is 30.5 Å². The molecule has 0 fully saturated rings. The summed E-state index contributed by atoms with van der Waals surface area (Å²) in [5.74, 6) is 0. The minimum atomic E-state index is 0.861. The Bertz CT molecular complexity index is 1120. The van der Waals surface area contributed by atoms with E-state index in [-0.39, 0.29) is 0 Å². The molecule has 30 heavy (non-hydrogen) atoms. The Hall–Kier alpha value is -3.58. The molecule has 0 amide bonds. The summed E-state index contributed by atoms with van der Waals surface area (Å²) in [6.07, 6.45) is 10.3. The van der Waals surface area contributed by atoms with E-state index in [1.807, 2.05) is 26.0 Å². The Balaban J connectivity index is 2.12. The zero-order chi connectivity index (χ0) is 21.7. The van der Waals surface area contributed by atoms with E-state index in [1.165, 1.54) is 11.1 Å². The van der Waals surface area contributed by atoms with Gasteiger partial charge in [-0.1, -0.05) is 97.7 Å². The Morgan fingerprint density at radius 2 is 1.63 bits per heavy atom. The first kappa shape index (κ1) is 21.1. The van der Waals surface area contributed by atoms with E-state index >= 15 is 0 Å². The second-order valence-electron chi connectivity index (χ2n) is 7.60. The molecule has 3 rings (SSSR count). The van der Waals surface area contributed by atoms with Gasteiger partial charge in [0.1, 0.15) is 0 Å². The lowest BCUT2D eigenvalue weighted by atomic mass is 9.84. The van der Waals surface area contributed by atoms with Gasteiger partial charge in [-0.25, -0.2) is 0 Å². The predicted molar refractivity (Wildman–Crippen MR) is 132 cm³/mol. The number of hydrogen-bond donors (Lipinski definition) is 1. The van der Waals surface area contributed by atoms with Crippen molar-refractivity contribution in [1.82, 2.24) is 0 Å². The SMILES string of the molecule is C=C(C)/C=C\C(=CC)/C=C/C(=C)C1=C(c2ccccc2)c2cc(C)ccc2NC1=C. The van der Waals surface area contributed by atoms with E-state index in [4.69, 9.17) is 0 Å². The molecule has 1 aliphatic heterocycles. The minimum absolute atomic E-state index is 0.861. The Morgan fingerprint density at radius 3 is 2.30 bits per heavy atom. The lowest BCUT2D eigenvalue weighted by molar-refractivity contribution is 1.31. The van der Waals surface area contributed by atoms with Crippen molar-refractivity contribution in [2.45, 2.75) is 20.8 Å². The first-order valence-corrected chi connectivity index (χ1v) is 10.1. The lowest BCUT2D eigenvalue weighted by Crippen LogP contribution is -2.13. The van der Waals surface area contributed by atoms with Crippen molar-refractivity contribution in [2.24, 2.45) is 0 Å². The van der Waals surface area contributed by atoms with Crippen LogP contribution in [0.3, 0.4) is 0 Å². The molecule has 150 valence electrons. The quantitative estimate of drug-likeness (QED) is 0.493. The highest BCUT2D eigenvalue weighted by Gasteiger charge is 2.23. The van der Waals surface area contributed by atoms with Crippen molar-refractivity contribution in [1.29, 1.82) is 0 Å². The van der Waals surface area contributed by atoms with Gasteiger partial charge in [-0.15, -0.1) is 0 Å². The largest absolute Gasteiger partial charge is 0.355 e. The highest BCUT2D eigenvalue weighted by atomic mass is 14.9. The number of hydrogen-bond acceptors (Lipinski definition) is 1. The molecule has 1 N–H and O–H groups in total. The van der Waals surface area contributed by atoms with Gasteiger partial charge in [-0.05, 0) is 49.6 Å². The first-order valence-electron chi connectivity index (χ1n) is 10.1. The predicted octanol–water partition coefficient (Wildman–Crippen LogP) is 7.93. The molecule has 0 saturated carbocycles. The van der Waals surface area contributed by atoms with Gasteiger partial charge < -0.3 is 5.32 Å². The lowest BCUT2D eigenvalue weighted by Gasteiger charge is -2.28. The number of nitrogens with one attached hydrogen (secondary N) is 1. The molecule has 0 spiro atoms. The van der Waals surface area contributed by atoms with Crippen LogP contribution in [-0.2, 0) is 0 Å². The maximum Gasteiger partial charge on any atom is 0.0464 e. The van der Waals surface area contributed by atoms with E-state index in [9.17, 15) is 0 Å². The van der Waals surface area contributed by atoms with E-state index in [2.05, 4.69) is 98.7 Å². The second kappa shape index (κ2) is 9.28. The van der Waals surface area contributed by atoms with Crippen molar-refractivity contribution in [3.8, 4) is 0 Å². The average Bonchev–Trinajstić information content (AvgIpc) is 2.73. The molecule has 0 unspecified atom stereocenters. The van der Waals surface area contributed by atoms with Crippen LogP contribution >= 0.6 is 0 Å². The van der Waals surface area contributed by atoms with Gasteiger partial charge in [-0.3, -0.25) is 0 Å². The van der Waals surface area contributed by atoms with E-state index in [1.54, 1.807) is 0 Å². The van der Waals surface area contributed by atoms with Gasteiger partial charge in [0.15, 0.2) is 0 Å². The normalized spacial score (nSPS) is 14.2. The van der Waals surface area contributed by atoms with Gasteiger partial charge >= 0.3 is 0 Å². The van der Waals surface area contributed by atoms with Crippen LogP contribution in [0.15, 0.2) is 127 Å². The molecule has 0 aliphatic carbocycles. The fraction of sp³-hybridized carbons (Fsp3) is 0.103. The third kappa shape index (κ3) is 4.69. The Kier molecular flexibility index (Phi) is 6.54. The van der Waals surface area contributed by atoms with Crippen molar-refractivity contribution >= 4 is 11.3 Å². The highest BCUT2D eigenvalue weighted by molar-refractivity contribution is 5.96. The molecule has 1 aliphatic rings. The topological polar surface area (TPSA) is 12.0 Å². The molecule has 0 saturated heterocycles. The van der Waals surface area contributed by atoms with Crippen LogP contribution in [0.2, 0.25) is 0 Å². The number of rotatable bonds is 6. The molecule has 0 aromatic heterocycles. The highest BCUT2D eigenvalue weighted by Crippen LogP contribution is 2.42. The van der Waals surface area contributed by atoms with E-state index in [0.717, 1.165) is 44.8 Å². The molecule has 0 atom stereocenters. The summed E-state index contributed by atoms with van der Waals surface area (Å²) < 4.78 is 0. The van der Waals surface area contributed by atoms with Crippen LogP contribution in [0.5, 0.6) is 0 Å². The van der Waals surface area contributed by atoms with Crippen LogP contribution < -0.4 is 5.32 Å². The number of benzene rings is 2. The monoisotopic (exact) mass is 391 g/mol. The smallest absolute Gasteiger partial charge is 0.0464 e. The second-order valence-corrected chi connectivity index (χ2v) is 7.60. The number of aryl methyl sites for hydroxylation is 1. The Labute approximate surface area is 180 Å². The van der Waals surface area contributed by atoms with Crippen molar-refractivity contribution < 1.29 is 0 Å². The van der Waals surface area contributed by atoms with Gasteiger partial charge in [0, 0.05) is 28.1 Å². The number of anilines is 1. The summed E-state index contributed by atoms with van der Waals surface area (Å²) in [4.78, 5) is 0. The summed E-state index contributed by atoms with van der Waals surface area (Å²) >= 11 is 0. The van der Waals surface area contributed by atoms with Crippen LogP contribution in [0, 0.1) is 6.92 Å². The van der Waals surface area contributed by atoms with E-state index < -0.39 is 0 Å². The fourth-order valence-corrected chi connectivity index (χ4v) is 3.51. The molecule has 1 nitrogen and oxygen atoms in total. The minimum Gasteiger partial charge on any atom is -0.355 e. The molecule has 1 heterocycles. The maximum absolute atomic E-state index is 4.39. The molecule has 0 radical (unpaired) electrons. The molecular formula is C29H29N. The molecular weight excluding hydrogens is 362 g/mol. The van der Waals surface area contributed by atoms with Gasteiger partial charge in [0.2, 0.25) is 0 Å². The van der Waals surface area contributed by atoms with Gasteiger partial charge in [0.05, 0.1) is 0 Å². The van der Waals surface area contributed by atoms with E-state index in [0.29, 0.717) is 0 Å². The molecule has 1 heteroatoms. The number of allylic oxidation sites excluding steroid dienone is 8.